The number of hydrogen-bond donors (Lipinski definition) is 0. The maximum atomic E-state index is 12.4. The second kappa shape index (κ2) is 6.40. The molecule has 0 aromatic heterocycles. The summed E-state index contributed by atoms with van der Waals surface area (Å²) in [5.74, 6) is 0.0272. The molecule has 2 rings (SSSR count). The number of nitrogens with zero attached hydrogens (tertiary/aromatic N) is 2. The Morgan fingerprint density at radius 3 is 2.68 bits per heavy atom. The van der Waals surface area contributed by atoms with E-state index in [-0.39, 0.29) is 5.91 Å². The van der Waals surface area contributed by atoms with Crippen molar-refractivity contribution in [2.45, 2.75) is 24.8 Å². The van der Waals surface area contributed by atoms with Gasteiger partial charge in [0.2, 0.25) is 5.91 Å². The largest absolute Gasteiger partial charge is 0.338 e. The molecule has 104 valence electrons. The van der Waals surface area contributed by atoms with E-state index in [4.69, 9.17) is 11.6 Å². The van der Waals surface area contributed by atoms with Crippen LogP contribution in [-0.2, 0) is 4.79 Å². The third kappa shape index (κ3) is 3.28. The van der Waals surface area contributed by atoms with Gasteiger partial charge in [0.1, 0.15) is 5.38 Å². The molecular formula is C15H21ClN2O. The van der Waals surface area contributed by atoms with Gasteiger partial charge in [0.25, 0.3) is 0 Å². The fourth-order valence-corrected chi connectivity index (χ4v) is 2.80. The molecule has 1 amide bonds. The molecule has 19 heavy (non-hydrogen) atoms. The fourth-order valence-electron chi connectivity index (χ4n) is 2.51. The molecule has 0 N–H and O–H groups in total. The van der Waals surface area contributed by atoms with Gasteiger partial charge in [0.15, 0.2) is 0 Å². The maximum absolute atomic E-state index is 12.4. The third-order valence-corrected chi connectivity index (χ3v) is 4.31. The van der Waals surface area contributed by atoms with E-state index in [9.17, 15) is 4.79 Å². The molecule has 2 atom stereocenters. The number of carbonyl (C=O) groups excluding carboxylic acids is 1. The smallest absolute Gasteiger partial charge is 0.245 e. The summed E-state index contributed by atoms with van der Waals surface area (Å²) in [5.41, 5.74) is 0.876. The van der Waals surface area contributed by atoms with Crippen LogP contribution in [0.1, 0.15) is 24.3 Å². The van der Waals surface area contributed by atoms with Crippen molar-refractivity contribution in [1.82, 2.24) is 9.80 Å². The average molecular weight is 281 g/mol. The normalized spacial score (nSPS) is 22.3. The molecule has 2 unspecified atom stereocenters. The summed E-state index contributed by atoms with van der Waals surface area (Å²) < 4.78 is 0. The van der Waals surface area contributed by atoms with E-state index >= 15 is 0 Å². The summed E-state index contributed by atoms with van der Waals surface area (Å²) in [7, 11) is 2.12. The Morgan fingerprint density at radius 2 is 2.05 bits per heavy atom. The zero-order valence-electron chi connectivity index (χ0n) is 11.6. The zero-order chi connectivity index (χ0) is 13.8. The molecule has 1 aromatic carbocycles. The van der Waals surface area contributed by atoms with Crippen molar-refractivity contribution in [3.05, 3.63) is 35.9 Å². The molecule has 1 aliphatic heterocycles. The first-order valence-corrected chi connectivity index (χ1v) is 7.25. The summed E-state index contributed by atoms with van der Waals surface area (Å²) in [6.45, 7) is 4.62. The van der Waals surface area contributed by atoms with Crippen LogP contribution in [0.3, 0.4) is 0 Å². The van der Waals surface area contributed by atoms with Crippen molar-refractivity contribution in [3.63, 3.8) is 0 Å². The van der Waals surface area contributed by atoms with Gasteiger partial charge in [-0.2, -0.15) is 0 Å². The van der Waals surface area contributed by atoms with E-state index in [2.05, 4.69) is 18.9 Å². The molecule has 0 spiro atoms. The van der Waals surface area contributed by atoms with Gasteiger partial charge in [-0.15, -0.1) is 11.6 Å². The molecule has 0 aliphatic carbocycles. The molecule has 1 fully saturated rings. The van der Waals surface area contributed by atoms with Crippen molar-refractivity contribution < 1.29 is 4.79 Å². The lowest BCUT2D eigenvalue weighted by Gasteiger charge is -2.39. The van der Waals surface area contributed by atoms with Crippen molar-refractivity contribution in [1.29, 1.82) is 0 Å². The molecule has 1 saturated heterocycles. The van der Waals surface area contributed by atoms with Crippen molar-refractivity contribution in [2.75, 3.05) is 26.7 Å². The van der Waals surface area contributed by atoms with E-state index in [1.807, 2.05) is 35.2 Å². The highest BCUT2D eigenvalue weighted by Crippen LogP contribution is 2.24. The summed E-state index contributed by atoms with van der Waals surface area (Å²) in [6.07, 6.45) is 1.05. The second-order valence-corrected chi connectivity index (χ2v) is 5.54. The van der Waals surface area contributed by atoms with E-state index in [1.165, 1.54) is 0 Å². The number of benzene rings is 1. The maximum Gasteiger partial charge on any atom is 0.245 e. The van der Waals surface area contributed by atoms with Crippen LogP contribution in [0.15, 0.2) is 30.3 Å². The molecule has 3 nitrogen and oxygen atoms in total. The van der Waals surface area contributed by atoms with Crippen LogP contribution >= 0.6 is 11.6 Å². The third-order valence-electron chi connectivity index (χ3n) is 3.87. The van der Waals surface area contributed by atoms with Crippen LogP contribution in [0.25, 0.3) is 0 Å². The molecule has 4 heteroatoms. The molecule has 0 bridgehead atoms. The minimum atomic E-state index is -0.567. The van der Waals surface area contributed by atoms with E-state index in [1.54, 1.807) is 0 Å². The van der Waals surface area contributed by atoms with Crippen LogP contribution in [0.5, 0.6) is 0 Å². The summed E-state index contributed by atoms with van der Waals surface area (Å²) in [4.78, 5) is 16.7. The average Bonchev–Trinajstić information content (AvgIpc) is 2.47. The van der Waals surface area contributed by atoms with Gasteiger partial charge in [0, 0.05) is 25.7 Å². The summed E-state index contributed by atoms with van der Waals surface area (Å²) in [6, 6.07) is 10.0. The zero-order valence-corrected chi connectivity index (χ0v) is 12.3. The number of amides is 1. The quantitative estimate of drug-likeness (QED) is 0.795. The highest BCUT2D eigenvalue weighted by Gasteiger charge is 2.30. The Hall–Kier alpha value is -1.06. The van der Waals surface area contributed by atoms with Gasteiger partial charge < -0.3 is 4.90 Å². The van der Waals surface area contributed by atoms with Crippen molar-refractivity contribution >= 4 is 17.5 Å². The van der Waals surface area contributed by atoms with Crippen LogP contribution in [0.4, 0.5) is 0 Å². The number of alkyl halides is 1. The monoisotopic (exact) mass is 280 g/mol. The highest BCUT2D eigenvalue weighted by atomic mass is 35.5. The molecule has 0 saturated carbocycles. The first-order valence-electron chi connectivity index (χ1n) is 6.81. The van der Waals surface area contributed by atoms with Gasteiger partial charge in [-0.25, -0.2) is 0 Å². The van der Waals surface area contributed by atoms with Crippen LogP contribution in [-0.4, -0.2) is 48.4 Å². The molecular weight excluding hydrogens is 260 g/mol. The van der Waals surface area contributed by atoms with Crippen LogP contribution < -0.4 is 0 Å². The SMILES string of the molecule is CCC1CN(C(=O)C(Cl)c2ccccc2)CCN1C. The number of hydrogen-bond acceptors (Lipinski definition) is 2. The molecule has 1 heterocycles. The lowest BCUT2D eigenvalue weighted by Crippen LogP contribution is -2.53. The number of carbonyl (C=O) groups is 1. The summed E-state index contributed by atoms with van der Waals surface area (Å²) in [5, 5.41) is -0.567. The molecule has 1 aromatic rings. The first kappa shape index (κ1) is 14.4. The van der Waals surface area contributed by atoms with E-state index in [0.717, 1.165) is 31.6 Å². The van der Waals surface area contributed by atoms with Crippen LogP contribution in [0.2, 0.25) is 0 Å². The van der Waals surface area contributed by atoms with Gasteiger partial charge in [-0.1, -0.05) is 37.3 Å². The standard InChI is InChI=1S/C15H21ClN2O/c1-3-13-11-18(10-9-17(13)2)15(19)14(16)12-7-5-4-6-8-12/h4-8,13-14H,3,9-11H2,1-2H3. The molecule has 0 radical (unpaired) electrons. The minimum Gasteiger partial charge on any atom is -0.338 e. The number of rotatable bonds is 3. The minimum absolute atomic E-state index is 0.0272. The fraction of sp³-hybridized carbons (Fsp3) is 0.533. The Balaban J connectivity index is 2.04. The van der Waals surface area contributed by atoms with E-state index < -0.39 is 5.38 Å². The Kier molecular flexibility index (Phi) is 4.83. The van der Waals surface area contributed by atoms with Crippen molar-refractivity contribution in [2.24, 2.45) is 0 Å². The van der Waals surface area contributed by atoms with E-state index in [0.29, 0.717) is 6.04 Å². The van der Waals surface area contributed by atoms with Gasteiger partial charge in [-0.3, -0.25) is 9.69 Å². The number of likely N-dealkylation sites (N-methyl/N-ethyl adjacent to an activating group) is 1. The van der Waals surface area contributed by atoms with Gasteiger partial charge in [0.05, 0.1) is 0 Å². The molecule has 1 aliphatic rings. The highest BCUT2D eigenvalue weighted by molar-refractivity contribution is 6.30. The lowest BCUT2D eigenvalue weighted by atomic mass is 10.1. The predicted molar refractivity (Wildman–Crippen MR) is 78.3 cm³/mol. The van der Waals surface area contributed by atoms with Gasteiger partial charge >= 0.3 is 0 Å². The van der Waals surface area contributed by atoms with Crippen LogP contribution in [0, 0.1) is 0 Å². The van der Waals surface area contributed by atoms with Crippen molar-refractivity contribution in [3.8, 4) is 0 Å². The lowest BCUT2D eigenvalue weighted by molar-refractivity contribution is -0.133. The topological polar surface area (TPSA) is 23.6 Å². The summed E-state index contributed by atoms with van der Waals surface area (Å²) >= 11 is 6.31. The Labute approximate surface area is 120 Å². The Bertz CT molecular complexity index is 423. The first-order chi connectivity index (χ1) is 9.13. The number of halogens is 1. The number of piperazine rings is 1. The predicted octanol–water partition coefficient (Wildman–Crippen LogP) is 2.52. The Morgan fingerprint density at radius 1 is 1.37 bits per heavy atom. The van der Waals surface area contributed by atoms with Gasteiger partial charge in [-0.05, 0) is 19.0 Å². The second-order valence-electron chi connectivity index (χ2n) is 5.10.